The Morgan fingerprint density at radius 3 is 2.64 bits per heavy atom. The maximum atomic E-state index is 11.8. The number of nitrogens with zero attached hydrogens (tertiary/aromatic N) is 1. The molecule has 2 aromatic rings. The first-order valence-electron chi connectivity index (χ1n) is 6.55. The molecule has 0 saturated heterocycles. The molecule has 0 bridgehead atoms. The fourth-order valence-electron chi connectivity index (χ4n) is 1.85. The van der Waals surface area contributed by atoms with E-state index in [1.165, 1.54) is 0 Å². The number of aromatic nitrogens is 1. The lowest BCUT2D eigenvalue weighted by molar-refractivity contribution is 0.175. The zero-order valence-electron chi connectivity index (χ0n) is 11.8. The fraction of sp³-hybridized carbons (Fsp3) is 0.200. The Bertz CT molecular complexity index is 659. The molecule has 5 nitrogen and oxygen atoms in total. The normalized spacial score (nSPS) is 11.8. The van der Waals surface area contributed by atoms with Crippen LogP contribution in [0.5, 0.6) is 0 Å². The van der Waals surface area contributed by atoms with Crippen molar-refractivity contribution in [2.45, 2.75) is 13.0 Å². The van der Waals surface area contributed by atoms with Gasteiger partial charge in [0.1, 0.15) is 0 Å². The topological polar surface area (TPSA) is 74.2 Å². The van der Waals surface area contributed by atoms with E-state index >= 15 is 0 Å². The van der Waals surface area contributed by atoms with Crippen molar-refractivity contribution >= 4 is 34.9 Å². The number of carbonyl (C=O) groups is 1. The van der Waals surface area contributed by atoms with E-state index in [2.05, 4.69) is 15.6 Å². The predicted molar refractivity (Wildman–Crippen MR) is 87.4 cm³/mol. The zero-order chi connectivity index (χ0) is 16.1. The van der Waals surface area contributed by atoms with E-state index < -0.39 is 12.1 Å². The molecule has 2 rings (SSSR count). The number of anilines is 1. The van der Waals surface area contributed by atoms with Crippen LogP contribution in [0.3, 0.4) is 0 Å². The summed E-state index contributed by atoms with van der Waals surface area (Å²) in [7, 11) is 0. The van der Waals surface area contributed by atoms with Crippen molar-refractivity contribution in [3.63, 3.8) is 0 Å². The van der Waals surface area contributed by atoms with Crippen LogP contribution in [0, 0.1) is 6.92 Å². The van der Waals surface area contributed by atoms with Crippen molar-refractivity contribution in [3.05, 3.63) is 57.8 Å². The summed E-state index contributed by atoms with van der Waals surface area (Å²) in [5.74, 6) is 0. The van der Waals surface area contributed by atoms with Crippen molar-refractivity contribution in [2.24, 2.45) is 0 Å². The van der Waals surface area contributed by atoms with Crippen molar-refractivity contribution < 1.29 is 9.90 Å². The molecular formula is C15H15Cl2N3O2. The summed E-state index contributed by atoms with van der Waals surface area (Å²) in [6.45, 7) is 1.87. The lowest BCUT2D eigenvalue weighted by Gasteiger charge is -2.14. The van der Waals surface area contributed by atoms with Gasteiger partial charge in [-0.25, -0.2) is 4.79 Å². The van der Waals surface area contributed by atoms with E-state index in [4.69, 9.17) is 23.2 Å². The van der Waals surface area contributed by atoms with Crippen molar-refractivity contribution in [1.82, 2.24) is 10.3 Å². The summed E-state index contributed by atoms with van der Waals surface area (Å²) >= 11 is 11.8. The molecule has 1 unspecified atom stereocenters. The van der Waals surface area contributed by atoms with Gasteiger partial charge in [0.05, 0.1) is 6.10 Å². The second kappa shape index (κ2) is 7.45. The number of halogens is 2. The van der Waals surface area contributed by atoms with Crippen LogP contribution in [0.15, 0.2) is 36.7 Å². The molecule has 0 fully saturated rings. The number of urea groups is 1. The van der Waals surface area contributed by atoms with Gasteiger partial charge in [0, 0.05) is 34.7 Å². The third kappa shape index (κ3) is 4.59. The molecule has 1 aromatic heterocycles. The quantitative estimate of drug-likeness (QED) is 0.797. The molecule has 116 valence electrons. The van der Waals surface area contributed by atoms with Crippen LogP contribution in [0.2, 0.25) is 10.0 Å². The average molecular weight is 340 g/mol. The Balaban J connectivity index is 1.92. The molecule has 3 N–H and O–H groups in total. The number of aliphatic hydroxyl groups excluding tert-OH is 1. The molecule has 0 spiro atoms. The Kier molecular flexibility index (Phi) is 5.60. The summed E-state index contributed by atoms with van der Waals surface area (Å²) in [6, 6.07) is 6.06. The van der Waals surface area contributed by atoms with Gasteiger partial charge >= 0.3 is 6.03 Å². The number of amides is 2. The van der Waals surface area contributed by atoms with E-state index in [1.54, 1.807) is 36.7 Å². The molecule has 22 heavy (non-hydrogen) atoms. The smallest absolute Gasteiger partial charge is 0.319 e. The van der Waals surface area contributed by atoms with Crippen LogP contribution < -0.4 is 10.6 Å². The van der Waals surface area contributed by atoms with Gasteiger partial charge in [-0.2, -0.15) is 0 Å². The summed E-state index contributed by atoms with van der Waals surface area (Å²) in [5.41, 5.74) is 2.05. The SMILES string of the molecule is Cc1cnccc1NC(=O)NCC(O)c1cc(Cl)cc(Cl)c1. The van der Waals surface area contributed by atoms with Crippen LogP contribution >= 0.6 is 23.2 Å². The van der Waals surface area contributed by atoms with Gasteiger partial charge < -0.3 is 15.7 Å². The maximum absolute atomic E-state index is 11.8. The summed E-state index contributed by atoms with van der Waals surface area (Å²) in [4.78, 5) is 15.8. The third-order valence-corrected chi connectivity index (χ3v) is 3.43. The second-order valence-electron chi connectivity index (χ2n) is 4.74. The number of hydrogen-bond donors (Lipinski definition) is 3. The molecule has 0 aliphatic heterocycles. The van der Waals surface area contributed by atoms with Crippen LogP contribution in [0.1, 0.15) is 17.2 Å². The van der Waals surface area contributed by atoms with E-state index in [0.29, 0.717) is 21.3 Å². The van der Waals surface area contributed by atoms with Gasteiger partial charge in [-0.1, -0.05) is 23.2 Å². The Hall–Kier alpha value is -1.82. The summed E-state index contributed by atoms with van der Waals surface area (Å²) in [6.07, 6.45) is 2.34. The molecule has 7 heteroatoms. The van der Waals surface area contributed by atoms with Gasteiger partial charge in [-0.3, -0.25) is 4.98 Å². The largest absolute Gasteiger partial charge is 0.387 e. The van der Waals surface area contributed by atoms with E-state index in [9.17, 15) is 9.90 Å². The minimum absolute atomic E-state index is 0.0344. The first kappa shape index (κ1) is 16.5. The van der Waals surface area contributed by atoms with Gasteiger partial charge in [0.25, 0.3) is 0 Å². The van der Waals surface area contributed by atoms with Crippen LogP contribution in [0.25, 0.3) is 0 Å². The molecule has 0 saturated carbocycles. The summed E-state index contributed by atoms with van der Waals surface area (Å²) < 4.78 is 0. The van der Waals surface area contributed by atoms with Crippen molar-refractivity contribution in [1.29, 1.82) is 0 Å². The first-order valence-corrected chi connectivity index (χ1v) is 7.31. The monoisotopic (exact) mass is 339 g/mol. The van der Waals surface area contributed by atoms with Gasteiger partial charge in [-0.15, -0.1) is 0 Å². The van der Waals surface area contributed by atoms with E-state index in [0.717, 1.165) is 5.56 Å². The van der Waals surface area contributed by atoms with Gasteiger partial charge in [-0.05, 0) is 42.3 Å². The second-order valence-corrected chi connectivity index (χ2v) is 5.62. The highest BCUT2D eigenvalue weighted by molar-refractivity contribution is 6.34. The number of carbonyl (C=O) groups excluding carboxylic acids is 1. The molecule has 0 radical (unpaired) electrons. The molecular weight excluding hydrogens is 325 g/mol. The molecule has 2 amide bonds. The zero-order valence-corrected chi connectivity index (χ0v) is 13.3. The minimum Gasteiger partial charge on any atom is -0.387 e. The number of rotatable bonds is 4. The Morgan fingerprint density at radius 1 is 1.32 bits per heavy atom. The number of pyridine rings is 1. The highest BCUT2D eigenvalue weighted by Gasteiger charge is 2.11. The highest BCUT2D eigenvalue weighted by atomic mass is 35.5. The minimum atomic E-state index is -0.902. The van der Waals surface area contributed by atoms with Gasteiger partial charge in [0.2, 0.25) is 0 Å². The number of benzene rings is 1. The molecule has 1 heterocycles. The van der Waals surface area contributed by atoms with Crippen molar-refractivity contribution in [3.8, 4) is 0 Å². The first-order chi connectivity index (χ1) is 10.5. The lowest BCUT2D eigenvalue weighted by atomic mass is 10.1. The lowest BCUT2D eigenvalue weighted by Crippen LogP contribution is -2.32. The molecule has 0 aliphatic carbocycles. The van der Waals surface area contributed by atoms with Crippen LogP contribution in [0.4, 0.5) is 10.5 Å². The van der Waals surface area contributed by atoms with Crippen LogP contribution in [-0.4, -0.2) is 22.7 Å². The Labute approximate surface area is 138 Å². The summed E-state index contributed by atoms with van der Waals surface area (Å²) in [5, 5.41) is 16.2. The number of aliphatic hydroxyl groups is 1. The molecule has 0 aliphatic rings. The average Bonchev–Trinajstić information content (AvgIpc) is 2.46. The van der Waals surface area contributed by atoms with E-state index in [-0.39, 0.29) is 6.54 Å². The standard InChI is InChI=1S/C15H15Cl2N3O2/c1-9-7-18-3-2-13(9)20-15(22)19-8-14(21)10-4-11(16)6-12(17)5-10/h2-7,14,21H,8H2,1H3,(H2,18,19,20,22). The third-order valence-electron chi connectivity index (χ3n) is 2.99. The number of hydrogen-bond acceptors (Lipinski definition) is 3. The maximum Gasteiger partial charge on any atom is 0.319 e. The van der Waals surface area contributed by atoms with Gasteiger partial charge in [0.15, 0.2) is 0 Å². The fourth-order valence-corrected chi connectivity index (χ4v) is 2.40. The number of nitrogens with one attached hydrogen (secondary N) is 2. The van der Waals surface area contributed by atoms with Crippen LogP contribution in [-0.2, 0) is 0 Å². The molecule has 1 atom stereocenters. The van der Waals surface area contributed by atoms with Crippen molar-refractivity contribution in [2.75, 3.05) is 11.9 Å². The predicted octanol–water partition coefficient (Wildman–Crippen LogP) is 3.55. The Morgan fingerprint density at radius 2 is 2.00 bits per heavy atom. The number of aryl methyl sites for hydroxylation is 1. The highest BCUT2D eigenvalue weighted by Crippen LogP contribution is 2.23. The molecule has 1 aromatic carbocycles. The van der Waals surface area contributed by atoms with E-state index in [1.807, 2.05) is 6.92 Å².